The number of aryl methyl sites for hydroxylation is 1. The van der Waals surface area contributed by atoms with Crippen LogP contribution in [0.3, 0.4) is 0 Å². The molecule has 12 heteroatoms. The third-order valence-corrected chi connectivity index (χ3v) is 12.1. The van der Waals surface area contributed by atoms with Crippen LogP contribution in [0, 0.1) is 23.6 Å². The summed E-state index contributed by atoms with van der Waals surface area (Å²) in [5, 5.41) is 11.9. The zero-order chi connectivity index (χ0) is 30.7. The third kappa shape index (κ3) is 4.94. The van der Waals surface area contributed by atoms with E-state index in [0.717, 1.165) is 36.4 Å². The van der Waals surface area contributed by atoms with Gasteiger partial charge in [0.1, 0.15) is 17.2 Å². The average Bonchev–Trinajstić information content (AvgIpc) is 3.33. The first-order valence-electron chi connectivity index (χ1n) is 13.9. The molecule has 0 heterocycles. The molecule has 0 aromatic heterocycles. The monoisotopic (exact) mass is 613 g/mol. The molecule has 42 heavy (non-hydrogen) atoms. The second-order valence-electron chi connectivity index (χ2n) is 12.0. The van der Waals surface area contributed by atoms with Crippen molar-refractivity contribution in [1.82, 2.24) is 5.32 Å². The van der Waals surface area contributed by atoms with Gasteiger partial charge in [0.15, 0.2) is 15.6 Å². The number of nitrogens with one attached hydrogen (secondary N) is 1. The number of benzene rings is 2. The van der Waals surface area contributed by atoms with Gasteiger partial charge in [-0.25, -0.2) is 17.2 Å². The molecule has 3 aliphatic rings. The van der Waals surface area contributed by atoms with Crippen molar-refractivity contribution in [3.63, 3.8) is 0 Å². The molecule has 6 nitrogen and oxygen atoms in total. The quantitative estimate of drug-likeness (QED) is 0.320. The molecule has 2 aromatic carbocycles. The molecule has 0 bridgehead atoms. The summed E-state index contributed by atoms with van der Waals surface area (Å²) >= 11 is 0. The Morgan fingerprint density at radius 1 is 1.05 bits per heavy atom. The highest BCUT2D eigenvalue weighted by molar-refractivity contribution is 7.92. The van der Waals surface area contributed by atoms with Crippen molar-refractivity contribution in [3.8, 4) is 0 Å². The minimum absolute atomic E-state index is 0.00622. The van der Waals surface area contributed by atoms with E-state index in [0.29, 0.717) is 19.8 Å². The number of hydrogen-bond donors (Lipinski definition) is 2. The van der Waals surface area contributed by atoms with Gasteiger partial charge in [-0.3, -0.25) is 9.59 Å². The molecule has 5 rings (SSSR count). The second-order valence-corrected chi connectivity index (χ2v) is 14.2. The molecule has 2 fully saturated rings. The van der Waals surface area contributed by atoms with E-state index in [1.54, 1.807) is 0 Å². The fourth-order valence-electron chi connectivity index (χ4n) is 7.16. The molecule has 0 saturated heterocycles. The first kappa shape index (κ1) is 30.6. The summed E-state index contributed by atoms with van der Waals surface area (Å²) < 4.78 is 96.2. The molecule has 2 saturated carbocycles. The predicted octanol–water partition coefficient (Wildman–Crippen LogP) is 5.06. The number of sulfone groups is 1. The van der Waals surface area contributed by atoms with Crippen molar-refractivity contribution in [2.24, 2.45) is 17.8 Å². The number of ketones is 1. The first-order valence-corrected chi connectivity index (χ1v) is 15.4. The molecule has 1 unspecified atom stereocenters. The number of carbonyl (C=O) groups excluding carboxylic acids is 2. The number of Topliss-reactive ketones (excluding diaryl/α,β-unsaturated/α-hetero) is 1. The number of amides is 1. The van der Waals surface area contributed by atoms with E-state index < -0.39 is 56.3 Å². The lowest BCUT2D eigenvalue weighted by Crippen LogP contribution is -2.50. The van der Waals surface area contributed by atoms with E-state index in [2.05, 4.69) is 5.32 Å². The summed E-state index contributed by atoms with van der Waals surface area (Å²) in [6.45, 7) is -0.113. The average molecular weight is 614 g/mol. The lowest BCUT2D eigenvalue weighted by Gasteiger charge is -2.43. The van der Waals surface area contributed by atoms with Crippen LogP contribution in [0.25, 0.3) is 0 Å². The number of aliphatic hydroxyl groups excluding tert-OH is 1. The van der Waals surface area contributed by atoms with E-state index in [4.69, 9.17) is 5.11 Å². The topological polar surface area (TPSA) is 101 Å². The number of carbonyl (C=O) groups is 2. The fraction of sp³-hybridized carbons (Fsp3) is 0.533. The van der Waals surface area contributed by atoms with Crippen molar-refractivity contribution in [2.75, 3.05) is 6.61 Å². The molecular formula is C30H32F5NO5S. The first-order chi connectivity index (χ1) is 19.6. The fourth-order valence-corrected chi connectivity index (χ4v) is 9.63. The molecule has 0 spiro atoms. The van der Waals surface area contributed by atoms with Gasteiger partial charge >= 0.3 is 6.18 Å². The lowest BCUT2D eigenvalue weighted by atomic mass is 9.72. The Kier molecular flexibility index (Phi) is 7.79. The highest BCUT2D eigenvalue weighted by Crippen LogP contribution is 2.59. The van der Waals surface area contributed by atoms with Gasteiger partial charge in [-0.05, 0) is 98.2 Å². The van der Waals surface area contributed by atoms with Gasteiger partial charge < -0.3 is 10.4 Å². The van der Waals surface area contributed by atoms with Gasteiger partial charge in [-0.15, -0.1) is 0 Å². The highest BCUT2D eigenvalue weighted by atomic mass is 32.2. The number of hydrogen-bond acceptors (Lipinski definition) is 5. The Labute approximate surface area is 240 Å². The molecule has 1 amide bonds. The van der Waals surface area contributed by atoms with E-state index in [1.807, 2.05) is 0 Å². The summed E-state index contributed by atoms with van der Waals surface area (Å²) in [5.74, 6) is -2.64. The lowest BCUT2D eigenvalue weighted by molar-refractivity contribution is -0.228. The molecule has 0 aliphatic heterocycles. The standard InChI is InChI=1S/C30H32F5NO5S/c1-28(32,30(33,34)35)19-3-9-25-18(15-19)2-8-26-24(27(39)36-21-12-17(13-21)14-22(38)16-37)10-11-29(25,26)42(40,41)23-6-4-20(31)5-7-23/h3-7,9,15,17,21,24,26,37H,2,8,10-14,16H2,1H3,(H,36,39)/t17?,21?,24-,26+,28?,29-/m1/s1. The van der Waals surface area contributed by atoms with Gasteiger partial charge in [-0.1, -0.05) is 18.2 Å². The Morgan fingerprint density at radius 3 is 2.33 bits per heavy atom. The molecule has 2 aromatic rings. The zero-order valence-electron chi connectivity index (χ0n) is 22.9. The van der Waals surface area contributed by atoms with Crippen LogP contribution in [0.2, 0.25) is 0 Å². The van der Waals surface area contributed by atoms with Crippen LogP contribution >= 0.6 is 0 Å². The Morgan fingerprint density at radius 2 is 1.71 bits per heavy atom. The predicted molar refractivity (Wildman–Crippen MR) is 142 cm³/mol. The van der Waals surface area contributed by atoms with Crippen LogP contribution in [0.4, 0.5) is 22.0 Å². The summed E-state index contributed by atoms with van der Waals surface area (Å²) in [5.41, 5.74) is -3.76. The second kappa shape index (κ2) is 10.7. The highest BCUT2D eigenvalue weighted by Gasteiger charge is 2.62. The molecular weight excluding hydrogens is 581 g/mol. The van der Waals surface area contributed by atoms with Crippen molar-refractivity contribution in [1.29, 1.82) is 0 Å². The molecule has 4 atom stereocenters. The van der Waals surface area contributed by atoms with E-state index in [9.17, 15) is 40.0 Å². The van der Waals surface area contributed by atoms with Crippen molar-refractivity contribution in [2.45, 2.75) is 79.4 Å². The van der Waals surface area contributed by atoms with Crippen molar-refractivity contribution < 1.29 is 45.1 Å². The van der Waals surface area contributed by atoms with Crippen LogP contribution in [0.5, 0.6) is 0 Å². The van der Waals surface area contributed by atoms with Gasteiger partial charge in [-0.2, -0.15) is 13.2 Å². The minimum Gasteiger partial charge on any atom is -0.389 e. The van der Waals surface area contributed by atoms with E-state index >= 15 is 0 Å². The summed E-state index contributed by atoms with van der Waals surface area (Å²) in [4.78, 5) is 24.8. The summed E-state index contributed by atoms with van der Waals surface area (Å²) in [6, 6.07) is 7.39. The minimum atomic E-state index is -5.18. The SMILES string of the molecule is CC(F)(c1ccc2c(c1)CC[C@H]1[C@H](C(=O)NC3CC(CC(=O)CO)C3)CC[C@@]21S(=O)(=O)c1ccc(F)cc1)C(F)(F)F. The van der Waals surface area contributed by atoms with Crippen LogP contribution < -0.4 is 5.32 Å². The van der Waals surface area contributed by atoms with E-state index in [-0.39, 0.29) is 71.8 Å². The van der Waals surface area contributed by atoms with Crippen LogP contribution in [-0.4, -0.2) is 44.0 Å². The maximum absolute atomic E-state index is 14.9. The van der Waals surface area contributed by atoms with Gasteiger partial charge in [0.05, 0.1) is 4.90 Å². The van der Waals surface area contributed by atoms with Crippen molar-refractivity contribution >= 4 is 21.5 Å². The number of aliphatic hydroxyl groups is 1. The number of halogens is 5. The molecule has 0 radical (unpaired) electrons. The Balaban J connectivity index is 1.50. The van der Waals surface area contributed by atoms with Crippen LogP contribution in [-0.2, 0) is 36.3 Å². The largest absolute Gasteiger partial charge is 0.426 e. The van der Waals surface area contributed by atoms with Crippen molar-refractivity contribution in [3.05, 3.63) is 65.0 Å². The maximum atomic E-state index is 14.9. The van der Waals surface area contributed by atoms with Crippen LogP contribution in [0.1, 0.15) is 62.1 Å². The van der Waals surface area contributed by atoms with E-state index in [1.165, 1.54) is 6.07 Å². The molecule has 228 valence electrons. The molecule has 3 aliphatic carbocycles. The van der Waals surface area contributed by atoms with Gasteiger partial charge in [0.25, 0.3) is 0 Å². The Hall–Kier alpha value is -2.86. The maximum Gasteiger partial charge on any atom is 0.426 e. The zero-order valence-corrected chi connectivity index (χ0v) is 23.7. The summed E-state index contributed by atoms with van der Waals surface area (Å²) in [6.07, 6.45) is -3.32. The summed E-state index contributed by atoms with van der Waals surface area (Å²) in [7, 11) is -4.30. The third-order valence-electron chi connectivity index (χ3n) is 9.49. The Bertz CT molecular complexity index is 1480. The normalized spacial score (nSPS) is 28.6. The van der Waals surface area contributed by atoms with Gasteiger partial charge in [0.2, 0.25) is 11.6 Å². The number of fused-ring (bicyclic) bond motifs is 3. The van der Waals surface area contributed by atoms with Gasteiger partial charge in [0, 0.05) is 18.4 Å². The molecule has 2 N–H and O–H groups in total. The number of alkyl halides is 4. The number of rotatable bonds is 8. The smallest absolute Gasteiger partial charge is 0.389 e. The van der Waals surface area contributed by atoms with Crippen LogP contribution in [0.15, 0.2) is 47.4 Å².